The van der Waals surface area contributed by atoms with Crippen LogP contribution >= 0.6 is 0 Å². The highest BCUT2D eigenvalue weighted by atomic mass is 15.6. The second-order valence-corrected chi connectivity index (χ2v) is 2.20. The lowest BCUT2D eigenvalue weighted by Gasteiger charge is -2.17. The lowest BCUT2D eigenvalue weighted by atomic mass is 10.7. The highest BCUT2D eigenvalue weighted by Gasteiger charge is 1.99. The largest absolute Gasteiger partial charge is 0.313 e. The van der Waals surface area contributed by atoms with Gasteiger partial charge < -0.3 is 5.01 Å². The summed E-state index contributed by atoms with van der Waals surface area (Å²) in [6.45, 7) is 4.97. The molecule has 0 aromatic carbocycles. The molecule has 0 saturated heterocycles. The van der Waals surface area contributed by atoms with Crippen molar-refractivity contribution >= 4 is 0 Å². The highest BCUT2D eigenvalue weighted by Crippen LogP contribution is 1.91. The molecule has 1 rings (SSSR count). The molecular weight excluding hydrogens is 128 g/mol. The molecule has 56 valence electrons. The van der Waals surface area contributed by atoms with E-state index >= 15 is 0 Å². The van der Waals surface area contributed by atoms with Crippen molar-refractivity contribution in [3.05, 3.63) is 12.2 Å². The molecule has 0 aliphatic carbocycles. The molecule has 0 aliphatic rings. The smallest absolute Gasteiger partial charge is 0.148 e. The number of rotatable bonds is 2. The Morgan fingerprint density at radius 1 is 1.70 bits per heavy atom. The molecule has 0 bridgehead atoms. The van der Waals surface area contributed by atoms with Crippen LogP contribution in [0.5, 0.6) is 0 Å². The maximum Gasteiger partial charge on any atom is 0.148 e. The van der Waals surface area contributed by atoms with Gasteiger partial charge in [-0.2, -0.15) is 0 Å². The normalized spacial score (nSPS) is 9.90. The number of nitrogens with zero attached hydrogens (tertiary/aromatic N) is 4. The zero-order chi connectivity index (χ0) is 7.56. The maximum absolute atomic E-state index is 3.86. The van der Waals surface area contributed by atoms with Gasteiger partial charge in [-0.15, -0.1) is 10.2 Å². The van der Waals surface area contributed by atoms with Crippen molar-refractivity contribution in [3.63, 3.8) is 0 Å². The molecule has 0 fully saturated rings. The van der Waals surface area contributed by atoms with E-state index in [9.17, 15) is 0 Å². The third-order valence-corrected chi connectivity index (χ3v) is 1.52. The SMILES string of the molecule is CCN(C)n1cnnc1C. The van der Waals surface area contributed by atoms with Crippen molar-refractivity contribution in [1.82, 2.24) is 14.9 Å². The Balaban J connectivity index is 2.82. The minimum atomic E-state index is 0.921. The molecule has 10 heavy (non-hydrogen) atoms. The van der Waals surface area contributed by atoms with Gasteiger partial charge in [0.1, 0.15) is 12.2 Å². The van der Waals surface area contributed by atoms with Gasteiger partial charge in [-0.3, -0.25) is 0 Å². The average molecular weight is 140 g/mol. The standard InChI is InChI=1S/C6H12N4/c1-4-9(3)10-5-7-8-6(10)2/h5H,4H2,1-3H3. The second kappa shape index (κ2) is 2.68. The van der Waals surface area contributed by atoms with Gasteiger partial charge in [0, 0.05) is 13.6 Å². The predicted molar refractivity (Wildman–Crippen MR) is 39.4 cm³/mol. The second-order valence-electron chi connectivity index (χ2n) is 2.20. The first kappa shape index (κ1) is 7.05. The first-order valence-corrected chi connectivity index (χ1v) is 3.33. The minimum absolute atomic E-state index is 0.921. The molecule has 0 aliphatic heterocycles. The van der Waals surface area contributed by atoms with Crippen molar-refractivity contribution in [3.8, 4) is 0 Å². The van der Waals surface area contributed by atoms with E-state index in [4.69, 9.17) is 0 Å². The van der Waals surface area contributed by atoms with Crippen LogP contribution in [-0.2, 0) is 0 Å². The molecule has 1 aromatic heterocycles. The topological polar surface area (TPSA) is 34.0 Å². The summed E-state index contributed by atoms with van der Waals surface area (Å²) < 4.78 is 1.92. The fourth-order valence-electron chi connectivity index (χ4n) is 0.775. The van der Waals surface area contributed by atoms with Crippen LogP contribution in [0, 0.1) is 6.92 Å². The number of hydrogen-bond acceptors (Lipinski definition) is 3. The van der Waals surface area contributed by atoms with Gasteiger partial charge in [-0.25, -0.2) is 4.68 Å². The number of aryl methyl sites for hydroxylation is 1. The lowest BCUT2D eigenvalue weighted by molar-refractivity contribution is 0.650. The Bertz CT molecular complexity index is 205. The summed E-state index contributed by atoms with van der Waals surface area (Å²) in [7, 11) is 2.00. The van der Waals surface area contributed by atoms with Crippen LogP contribution in [0.1, 0.15) is 12.7 Å². The molecular formula is C6H12N4. The molecule has 0 unspecified atom stereocenters. The Morgan fingerprint density at radius 2 is 2.40 bits per heavy atom. The van der Waals surface area contributed by atoms with E-state index in [0.29, 0.717) is 0 Å². The van der Waals surface area contributed by atoms with Gasteiger partial charge in [-0.05, 0) is 13.8 Å². The third-order valence-electron chi connectivity index (χ3n) is 1.52. The van der Waals surface area contributed by atoms with Crippen molar-refractivity contribution in [2.75, 3.05) is 18.6 Å². The summed E-state index contributed by atoms with van der Waals surface area (Å²) >= 11 is 0. The lowest BCUT2D eigenvalue weighted by Crippen LogP contribution is -2.29. The zero-order valence-electron chi connectivity index (χ0n) is 6.57. The Labute approximate surface area is 60.4 Å². The summed E-state index contributed by atoms with van der Waals surface area (Å²) in [4.78, 5) is 0. The first-order chi connectivity index (χ1) is 4.75. The fourth-order valence-corrected chi connectivity index (χ4v) is 0.775. The third kappa shape index (κ3) is 1.10. The van der Waals surface area contributed by atoms with E-state index in [1.54, 1.807) is 6.33 Å². The van der Waals surface area contributed by atoms with Gasteiger partial charge >= 0.3 is 0 Å². The Kier molecular flexibility index (Phi) is 1.89. The van der Waals surface area contributed by atoms with Crippen LogP contribution in [-0.4, -0.2) is 28.5 Å². The van der Waals surface area contributed by atoms with Crippen molar-refractivity contribution in [2.24, 2.45) is 0 Å². The Morgan fingerprint density at radius 3 is 2.80 bits per heavy atom. The maximum atomic E-state index is 3.86. The van der Waals surface area contributed by atoms with Crippen LogP contribution in [0.2, 0.25) is 0 Å². The summed E-state index contributed by atoms with van der Waals surface area (Å²) in [5, 5.41) is 9.66. The monoisotopic (exact) mass is 140 g/mol. The molecule has 0 saturated carbocycles. The first-order valence-electron chi connectivity index (χ1n) is 3.33. The van der Waals surface area contributed by atoms with Crippen LogP contribution in [0.3, 0.4) is 0 Å². The van der Waals surface area contributed by atoms with Gasteiger partial charge in [0.15, 0.2) is 0 Å². The molecule has 4 nitrogen and oxygen atoms in total. The molecule has 0 atom stereocenters. The van der Waals surface area contributed by atoms with Gasteiger partial charge in [0.25, 0.3) is 0 Å². The van der Waals surface area contributed by atoms with Crippen molar-refractivity contribution < 1.29 is 0 Å². The molecule has 4 heteroatoms. The molecule has 0 spiro atoms. The van der Waals surface area contributed by atoms with E-state index in [0.717, 1.165) is 12.4 Å². The van der Waals surface area contributed by atoms with E-state index in [1.807, 2.05) is 23.7 Å². The number of aromatic nitrogens is 3. The van der Waals surface area contributed by atoms with E-state index in [1.165, 1.54) is 0 Å². The molecule has 0 radical (unpaired) electrons. The Hall–Kier alpha value is -1.06. The number of hydrogen-bond donors (Lipinski definition) is 0. The average Bonchev–Trinajstić information content (AvgIpc) is 2.34. The van der Waals surface area contributed by atoms with Crippen molar-refractivity contribution in [2.45, 2.75) is 13.8 Å². The van der Waals surface area contributed by atoms with Crippen LogP contribution < -0.4 is 5.01 Å². The van der Waals surface area contributed by atoms with Gasteiger partial charge in [-0.1, -0.05) is 0 Å². The minimum Gasteiger partial charge on any atom is -0.313 e. The van der Waals surface area contributed by atoms with Gasteiger partial charge in [0.05, 0.1) is 0 Å². The summed E-state index contributed by atoms with van der Waals surface area (Å²) in [5.74, 6) is 0.921. The molecule has 0 N–H and O–H groups in total. The summed E-state index contributed by atoms with van der Waals surface area (Å²) in [6.07, 6.45) is 1.71. The van der Waals surface area contributed by atoms with Crippen LogP contribution in [0.4, 0.5) is 0 Å². The fraction of sp³-hybridized carbons (Fsp3) is 0.667. The van der Waals surface area contributed by atoms with E-state index in [2.05, 4.69) is 17.1 Å². The van der Waals surface area contributed by atoms with Crippen LogP contribution in [0.25, 0.3) is 0 Å². The molecule has 0 amide bonds. The van der Waals surface area contributed by atoms with Gasteiger partial charge in [0.2, 0.25) is 0 Å². The molecule has 1 aromatic rings. The summed E-state index contributed by atoms with van der Waals surface area (Å²) in [5.41, 5.74) is 0. The van der Waals surface area contributed by atoms with Crippen molar-refractivity contribution in [1.29, 1.82) is 0 Å². The highest BCUT2D eigenvalue weighted by molar-refractivity contribution is 4.88. The van der Waals surface area contributed by atoms with E-state index < -0.39 is 0 Å². The molecule has 1 heterocycles. The predicted octanol–water partition coefficient (Wildman–Crippen LogP) is 0.174. The summed E-state index contributed by atoms with van der Waals surface area (Å²) in [6, 6.07) is 0. The zero-order valence-corrected chi connectivity index (χ0v) is 6.57. The quantitative estimate of drug-likeness (QED) is 0.587. The van der Waals surface area contributed by atoms with E-state index in [-0.39, 0.29) is 0 Å². The van der Waals surface area contributed by atoms with Crippen LogP contribution in [0.15, 0.2) is 6.33 Å².